The number of benzene rings is 1. The molecule has 2 aromatic rings. The molecular weight excluding hydrogens is 190 g/mol. The Morgan fingerprint density at radius 1 is 1.27 bits per heavy atom. The molecule has 0 amide bonds. The largest absolute Gasteiger partial charge is 0.249 e. The van der Waals surface area contributed by atoms with E-state index in [2.05, 4.69) is 20.0 Å². The summed E-state index contributed by atoms with van der Waals surface area (Å²) in [4.78, 5) is 11.4. The van der Waals surface area contributed by atoms with Gasteiger partial charge in [-0.2, -0.15) is 0 Å². The lowest BCUT2D eigenvalue weighted by molar-refractivity contribution is 1.02. The van der Waals surface area contributed by atoms with Crippen molar-refractivity contribution < 1.29 is 0 Å². The monoisotopic (exact) mass is 199 g/mol. The summed E-state index contributed by atoms with van der Waals surface area (Å²) in [6, 6.07) is 7.52. The van der Waals surface area contributed by atoms with Crippen molar-refractivity contribution in [1.82, 2.24) is 9.97 Å². The normalized spacial score (nSPS) is 9.93. The van der Waals surface area contributed by atoms with Gasteiger partial charge in [0.25, 0.3) is 0 Å². The first-order valence-electron chi connectivity index (χ1n) is 4.66. The molecular formula is C10H9N5. The number of para-hydroxylation sites is 2. The van der Waals surface area contributed by atoms with Gasteiger partial charge < -0.3 is 0 Å². The average molecular weight is 199 g/mol. The van der Waals surface area contributed by atoms with Crippen LogP contribution in [0.25, 0.3) is 21.5 Å². The summed E-state index contributed by atoms with van der Waals surface area (Å²) in [7, 11) is 0. The van der Waals surface area contributed by atoms with Gasteiger partial charge in [-0.25, -0.2) is 9.97 Å². The second-order valence-electron chi connectivity index (χ2n) is 3.03. The van der Waals surface area contributed by atoms with Gasteiger partial charge in [-0.15, -0.1) is 0 Å². The van der Waals surface area contributed by atoms with E-state index in [1.54, 1.807) is 0 Å². The van der Waals surface area contributed by atoms with Gasteiger partial charge >= 0.3 is 0 Å². The number of rotatable bonds is 2. The second-order valence-corrected chi connectivity index (χ2v) is 3.03. The highest BCUT2D eigenvalue weighted by atomic mass is 15.2. The number of nitrogens with zero attached hydrogens (tertiary/aromatic N) is 5. The Morgan fingerprint density at radius 3 is 2.53 bits per heavy atom. The van der Waals surface area contributed by atoms with E-state index in [0.717, 1.165) is 16.7 Å². The molecule has 15 heavy (non-hydrogen) atoms. The van der Waals surface area contributed by atoms with E-state index in [4.69, 9.17) is 5.53 Å². The minimum absolute atomic E-state index is 0.374. The van der Waals surface area contributed by atoms with Crippen LogP contribution < -0.4 is 0 Å². The fraction of sp³-hybridized carbons (Fsp3) is 0.200. The first-order chi connectivity index (χ1) is 7.35. The van der Waals surface area contributed by atoms with Gasteiger partial charge in [-0.3, -0.25) is 0 Å². The van der Waals surface area contributed by atoms with Crippen LogP contribution in [0.1, 0.15) is 12.6 Å². The smallest absolute Gasteiger partial charge is 0.148 e. The zero-order chi connectivity index (χ0) is 10.7. The molecule has 74 valence electrons. The highest BCUT2D eigenvalue weighted by Gasteiger charge is 2.04. The Balaban J connectivity index is 2.74. The highest BCUT2D eigenvalue weighted by molar-refractivity contribution is 5.75. The summed E-state index contributed by atoms with van der Waals surface area (Å²) in [5.41, 5.74) is 10.7. The van der Waals surface area contributed by atoms with Crippen molar-refractivity contribution >= 4 is 16.9 Å². The fourth-order valence-electron chi connectivity index (χ4n) is 1.39. The maximum Gasteiger partial charge on any atom is 0.148 e. The standard InChI is InChI=1S/C10H9N5/c1-2-7-10(14-15-11)13-9-6-4-3-5-8(9)12-7/h3-6H,2H2,1H3. The molecule has 1 aromatic heterocycles. The van der Waals surface area contributed by atoms with Crippen LogP contribution in [0, 0.1) is 0 Å². The molecule has 0 unspecified atom stereocenters. The second kappa shape index (κ2) is 3.94. The summed E-state index contributed by atoms with van der Waals surface area (Å²) in [6.07, 6.45) is 0.701. The van der Waals surface area contributed by atoms with E-state index in [0.29, 0.717) is 12.2 Å². The van der Waals surface area contributed by atoms with Gasteiger partial charge in [0.1, 0.15) is 5.82 Å². The molecule has 0 atom stereocenters. The van der Waals surface area contributed by atoms with E-state index < -0.39 is 0 Å². The zero-order valence-electron chi connectivity index (χ0n) is 8.25. The topological polar surface area (TPSA) is 74.5 Å². The van der Waals surface area contributed by atoms with Crippen molar-refractivity contribution in [1.29, 1.82) is 0 Å². The number of aromatic nitrogens is 2. The van der Waals surface area contributed by atoms with E-state index in [9.17, 15) is 0 Å². The van der Waals surface area contributed by atoms with Crippen molar-refractivity contribution in [3.8, 4) is 0 Å². The highest BCUT2D eigenvalue weighted by Crippen LogP contribution is 2.19. The van der Waals surface area contributed by atoms with Crippen LogP contribution in [-0.2, 0) is 6.42 Å². The molecule has 0 saturated carbocycles. The Kier molecular flexibility index (Phi) is 2.48. The van der Waals surface area contributed by atoms with Crippen molar-refractivity contribution in [2.45, 2.75) is 13.3 Å². The summed E-state index contributed by atoms with van der Waals surface area (Å²) in [6.45, 7) is 1.95. The van der Waals surface area contributed by atoms with Gasteiger partial charge in [0.15, 0.2) is 0 Å². The summed E-state index contributed by atoms with van der Waals surface area (Å²) >= 11 is 0. The van der Waals surface area contributed by atoms with Crippen LogP contribution in [0.15, 0.2) is 29.4 Å². The lowest BCUT2D eigenvalue weighted by Crippen LogP contribution is -1.92. The summed E-state index contributed by atoms with van der Waals surface area (Å²) in [5.74, 6) is 0.374. The van der Waals surface area contributed by atoms with Crippen LogP contribution in [0.3, 0.4) is 0 Å². The van der Waals surface area contributed by atoms with Crippen LogP contribution in [0.2, 0.25) is 0 Å². The minimum Gasteiger partial charge on any atom is -0.249 e. The first kappa shape index (κ1) is 9.43. The van der Waals surface area contributed by atoms with Crippen molar-refractivity contribution in [3.63, 3.8) is 0 Å². The molecule has 0 N–H and O–H groups in total. The minimum atomic E-state index is 0.374. The van der Waals surface area contributed by atoms with E-state index >= 15 is 0 Å². The van der Waals surface area contributed by atoms with Crippen LogP contribution in [0.5, 0.6) is 0 Å². The fourth-order valence-corrected chi connectivity index (χ4v) is 1.39. The number of azide groups is 1. The number of hydrogen-bond acceptors (Lipinski definition) is 3. The van der Waals surface area contributed by atoms with Crippen molar-refractivity contribution in [2.75, 3.05) is 0 Å². The van der Waals surface area contributed by atoms with Crippen molar-refractivity contribution in [2.24, 2.45) is 5.11 Å². The predicted octanol–water partition coefficient (Wildman–Crippen LogP) is 3.13. The van der Waals surface area contributed by atoms with Crippen LogP contribution in [-0.4, -0.2) is 9.97 Å². The molecule has 5 nitrogen and oxygen atoms in total. The average Bonchev–Trinajstić information content (AvgIpc) is 2.28. The molecule has 0 fully saturated rings. The first-order valence-corrected chi connectivity index (χ1v) is 4.66. The van der Waals surface area contributed by atoms with Crippen molar-refractivity contribution in [3.05, 3.63) is 40.4 Å². The molecule has 1 heterocycles. The third kappa shape index (κ3) is 1.73. The molecule has 0 bridgehead atoms. The van der Waals surface area contributed by atoms with Crippen LogP contribution >= 0.6 is 0 Å². The Morgan fingerprint density at radius 2 is 1.93 bits per heavy atom. The molecule has 0 aliphatic rings. The molecule has 2 rings (SSSR count). The molecule has 0 aliphatic heterocycles. The molecule has 0 spiro atoms. The summed E-state index contributed by atoms with van der Waals surface area (Å²) in [5, 5.41) is 3.53. The third-order valence-corrected chi connectivity index (χ3v) is 2.10. The van der Waals surface area contributed by atoms with Gasteiger partial charge in [0.05, 0.1) is 16.7 Å². The van der Waals surface area contributed by atoms with E-state index in [1.807, 2.05) is 31.2 Å². The Hall–Kier alpha value is -2.13. The lowest BCUT2D eigenvalue weighted by Gasteiger charge is -2.02. The predicted molar refractivity (Wildman–Crippen MR) is 57.7 cm³/mol. The van der Waals surface area contributed by atoms with E-state index in [-0.39, 0.29) is 0 Å². The SMILES string of the molecule is CCc1nc2ccccc2nc1N=[N+]=[N-]. The quantitative estimate of drug-likeness (QED) is 0.423. The number of hydrogen-bond donors (Lipinski definition) is 0. The van der Waals surface area contributed by atoms with Gasteiger partial charge in [-0.1, -0.05) is 19.1 Å². The van der Waals surface area contributed by atoms with Gasteiger partial charge in [0.2, 0.25) is 0 Å². The molecule has 0 saturated heterocycles. The number of aryl methyl sites for hydroxylation is 1. The molecule has 0 radical (unpaired) electrons. The van der Waals surface area contributed by atoms with Gasteiger partial charge in [-0.05, 0) is 29.2 Å². The molecule has 0 aliphatic carbocycles. The lowest BCUT2D eigenvalue weighted by atomic mass is 10.2. The Bertz CT molecular complexity index is 543. The maximum absolute atomic E-state index is 8.40. The third-order valence-electron chi connectivity index (χ3n) is 2.10. The Labute approximate surface area is 86.4 Å². The van der Waals surface area contributed by atoms with Crippen LogP contribution in [0.4, 0.5) is 5.82 Å². The molecule has 5 heteroatoms. The zero-order valence-corrected chi connectivity index (χ0v) is 8.25. The maximum atomic E-state index is 8.40. The molecule has 1 aromatic carbocycles. The number of fused-ring (bicyclic) bond motifs is 1. The summed E-state index contributed by atoms with van der Waals surface area (Å²) < 4.78 is 0. The van der Waals surface area contributed by atoms with Gasteiger partial charge in [0, 0.05) is 4.91 Å². The van der Waals surface area contributed by atoms with E-state index in [1.165, 1.54) is 0 Å².